The second-order valence-electron chi connectivity index (χ2n) is 9.64. The highest BCUT2D eigenvalue weighted by Gasteiger charge is 2.43. The lowest BCUT2D eigenvalue weighted by Gasteiger charge is -2.44. The quantitative estimate of drug-likeness (QED) is 0.488. The second-order valence-corrected chi connectivity index (χ2v) is 9.64. The number of halogens is 1. The maximum absolute atomic E-state index is 15.9. The van der Waals surface area contributed by atoms with Gasteiger partial charge in [0.2, 0.25) is 5.43 Å². The molecule has 3 aliphatic rings. The van der Waals surface area contributed by atoms with Gasteiger partial charge in [0.05, 0.1) is 23.2 Å². The first kappa shape index (κ1) is 21.7. The summed E-state index contributed by atoms with van der Waals surface area (Å²) < 4.78 is 23.9. The number of aromatic nitrogens is 2. The lowest BCUT2D eigenvalue weighted by molar-refractivity contribution is 0.0691. The number of nitrogens with two attached hydrogens (primary N) is 1. The highest BCUT2D eigenvalue weighted by Crippen LogP contribution is 2.51. The number of rotatable bonds is 4. The summed E-state index contributed by atoms with van der Waals surface area (Å²) in [6, 6.07) is 5.65. The van der Waals surface area contributed by atoms with Gasteiger partial charge in [-0.05, 0) is 37.8 Å². The third-order valence-electron chi connectivity index (χ3n) is 7.71. The van der Waals surface area contributed by atoms with Gasteiger partial charge in [0.25, 0.3) is 0 Å². The van der Waals surface area contributed by atoms with Crippen molar-refractivity contribution in [2.75, 3.05) is 35.6 Å². The largest absolute Gasteiger partial charge is 0.489 e. The predicted molar refractivity (Wildman–Crippen MR) is 130 cm³/mol. The number of nitrogens with zero attached hydrogens (tertiary/aromatic N) is 3. The Hall–Kier alpha value is -3.82. The molecule has 9 nitrogen and oxygen atoms in total. The van der Waals surface area contributed by atoms with Gasteiger partial charge >= 0.3 is 5.97 Å². The summed E-state index contributed by atoms with van der Waals surface area (Å²) in [5, 5.41) is 13.0. The fourth-order valence-electron chi connectivity index (χ4n) is 5.76. The molecule has 4 heterocycles. The summed E-state index contributed by atoms with van der Waals surface area (Å²) >= 11 is 0. The van der Waals surface area contributed by atoms with Crippen molar-refractivity contribution in [2.24, 2.45) is 0 Å². The van der Waals surface area contributed by atoms with Crippen LogP contribution in [0.15, 0.2) is 35.4 Å². The Kier molecular flexibility index (Phi) is 4.87. The SMILES string of the molecule is Nc1c(F)c(N2CCC(Nc3ccccn3)C2)c2c3c1c(=O)c(C(=O)O)cn3C1(CCC1)CCO2. The van der Waals surface area contributed by atoms with Crippen LogP contribution >= 0.6 is 0 Å². The van der Waals surface area contributed by atoms with Crippen LogP contribution in [0.4, 0.5) is 21.6 Å². The molecule has 2 aromatic heterocycles. The molecule has 1 atom stereocenters. The van der Waals surface area contributed by atoms with Gasteiger partial charge in [0.15, 0.2) is 11.6 Å². The summed E-state index contributed by atoms with van der Waals surface area (Å²) in [5.41, 5.74) is 4.98. The number of pyridine rings is 2. The summed E-state index contributed by atoms with van der Waals surface area (Å²) in [6.45, 7) is 1.40. The Labute approximate surface area is 200 Å². The summed E-state index contributed by atoms with van der Waals surface area (Å²) in [7, 11) is 0. The van der Waals surface area contributed by atoms with Crippen LogP contribution < -0.4 is 26.1 Å². The van der Waals surface area contributed by atoms with Crippen LogP contribution in [0.3, 0.4) is 0 Å². The number of hydrogen-bond donors (Lipinski definition) is 3. The number of carboxylic acid groups (broad SMARTS) is 1. The average molecular weight is 480 g/mol. The molecule has 1 spiro atoms. The zero-order valence-corrected chi connectivity index (χ0v) is 19.1. The molecule has 1 unspecified atom stereocenters. The van der Waals surface area contributed by atoms with E-state index in [0.717, 1.165) is 31.5 Å². The van der Waals surface area contributed by atoms with Gasteiger partial charge in [-0.3, -0.25) is 4.79 Å². The third-order valence-corrected chi connectivity index (χ3v) is 7.71. The van der Waals surface area contributed by atoms with Gasteiger partial charge in [0, 0.05) is 43.5 Å². The highest BCUT2D eigenvalue weighted by atomic mass is 19.1. The van der Waals surface area contributed by atoms with Gasteiger partial charge in [-0.15, -0.1) is 0 Å². The number of carbonyl (C=O) groups is 1. The molecule has 1 aliphatic carbocycles. The van der Waals surface area contributed by atoms with Crippen molar-refractivity contribution in [3.63, 3.8) is 0 Å². The standard InChI is InChI=1S/C25H26FN5O4/c26-18-19(27)17-20-23(21(18)30-10-5-14(12-30)29-16-4-1-2-9-28-16)35-11-8-25(6-3-7-25)31(20)13-15(22(17)32)24(33)34/h1-2,4,9,13-14H,3,5-8,10-12,27H2,(H,28,29)(H,33,34). The first-order chi connectivity index (χ1) is 16.9. The number of anilines is 3. The molecular weight excluding hydrogens is 453 g/mol. The topological polar surface area (TPSA) is 123 Å². The zero-order valence-electron chi connectivity index (χ0n) is 19.1. The molecule has 2 fully saturated rings. The molecular formula is C25H26FN5O4. The van der Waals surface area contributed by atoms with Crippen LogP contribution in [0.2, 0.25) is 0 Å². The minimum atomic E-state index is -1.35. The molecule has 1 saturated heterocycles. The van der Waals surface area contributed by atoms with Gasteiger partial charge in [-0.25, -0.2) is 14.2 Å². The van der Waals surface area contributed by atoms with Crippen LogP contribution in [-0.2, 0) is 5.54 Å². The number of ether oxygens (including phenoxy) is 1. The van der Waals surface area contributed by atoms with E-state index in [0.29, 0.717) is 31.6 Å². The lowest BCUT2D eigenvalue weighted by Crippen LogP contribution is -2.42. The Morgan fingerprint density at radius 1 is 1.31 bits per heavy atom. The molecule has 6 rings (SSSR count). The molecule has 182 valence electrons. The molecule has 0 amide bonds. The van der Waals surface area contributed by atoms with Crippen LogP contribution in [0.25, 0.3) is 10.9 Å². The van der Waals surface area contributed by atoms with Crippen molar-refractivity contribution in [3.05, 3.63) is 52.2 Å². The van der Waals surface area contributed by atoms with E-state index in [1.165, 1.54) is 6.20 Å². The van der Waals surface area contributed by atoms with E-state index in [4.69, 9.17) is 10.5 Å². The van der Waals surface area contributed by atoms with E-state index in [9.17, 15) is 14.7 Å². The van der Waals surface area contributed by atoms with Crippen molar-refractivity contribution >= 4 is 34.1 Å². The van der Waals surface area contributed by atoms with Gasteiger partial charge in [-0.2, -0.15) is 0 Å². The molecule has 0 radical (unpaired) electrons. The van der Waals surface area contributed by atoms with Crippen LogP contribution in [0, 0.1) is 5.82 Å². The lowest BCUT2D eigenvalue weighted by atomic mass is 9.74. The number of benzene rings is 1. The van der Waals surface area contributed by atoms with E-state index in [1.54, 1.807) is 6.20 Å². The smallest absolute Gasteiger partial charge is 0.341 e. The minimum Gasteiger partial charge on any atom is -0.489 e. The number of aromatic carboxylic acids is 1. The molecule has 2 aliphatic heterocycles. The Morgan fingerprint density at radius 3 is 2.83 bits per heavy atom. The molecule has 4 N–H and O–H groups in total. The summed E-state index contributed by atoms with van der Waals surface area (Å²) in [4.78, 5) is 31.3. The van der Waals surface area contributed by atoms with E-state index in [-0.39, 0.29) is 34.1 Å². The van der Waals surface area contributed by atoms with Crippen molar-refractivity contribution in [1.82, 2.24) is 9.55 Å². The third kappa shape index (κ3) is 3.23. The fourth-order valence-corrected chi connectivity index (χ4v) is 5.76. The molecule has 0 bridgehead atoms. The Bertz CT molecular complexity index is 1400. The average Bonchev–Trinajstić information content (AvgIpc) is 3.19. The van der Waals surface area contributed by atoms with Crippen LogP contribution in [-0.4, -0.2) is 46.4 Å². The summed E-state index contributed by atoms with van der Waals surface area (Å²) in [5.74, 6) is -1.09. The summed E-state index contributed by atoms with van der Waals surface area (Å²) in [6.07, 6.45) is 7.16. The zero-order chi connectivity index (χ0) is 24.3. The number of carboxylic acids is 1. The van der Waals surface area contributed by atoms with Crippen molar-refractivity contribution < 1.29 is 19.0 Å². The predicted octanol–water partition coefficient (Wildman–Crippen LogP) is 3.17. The minimum absolute atomic E-state index is 0.0359. The first-order valence-corrected chi connectivity index (χ1v) is 11.9. The Balaban J connectivity index is 1.52. The molecule has 1 saturated carbocycles. The van der Waals surface area contributed by atoms with Crippen molar-refractivity contribution in [2.45, 2.75) is 43.7 Å². The normalized spacial score (nSPS) is 20.4. The number of nitrogen functional groups attached to an aromatic ring is 1. The number of fused-ring (bicyclic) bond motifs is 1. The van der Waals surface area contributed by atoms with Crippen LogP contribution in [0.1, 0.15) is 42.5 Å². The molecule has 10 heteroatoms. The van der Waals surface area contributed by atoms with E-state index < -0.39 is 22.8 Å². The van der Waals surface area contributed by atoms with Crippen molar-refractivity contribution in [3.8, 4) is 5.75 Å². The maximum atomic E-state index is 15.9. The number of hydrogen-bond acceptors (Lipinski definition) is 7. The first-order valence-electron chi connectivity index (χ1n) is 11.9. The molecule has 3 aromatic rings. The molecule has 1 aromatic carbocycles. The molecule has 35 heavy (non-hydrogen) atoms. The second kappa shape index (κ2) is 7.86. The van der Waals surface area contributed by atoms with Crippen molar-refractivity contribution in [1.29, 1.82) is 0 Å². The van der Waals surface area contributed by atoms with E-state index in [2.05, 4.69) is 10.3 Å². The van der Waals surface area contributed by atoms with E-state index in [1.807, 2.05) is 27.7 Å². The van der Waals surface area contributed by atoms with Crippen LogP contribution in [0.5, 0.6) is 5.75 Å². The maximum Gasteiger partial charge on any atom is 0.341 e. The number of nitrogens with one attached hydrogen (secondary N) is 1. The highest BCUT2D eigenvalue weighted by molar-refractivity contribution is 6.03. The fraction of sp³-hybridized carbons (Fsp3) is 0.400. The monoisotopic (exact) mass is 479 g/mol. The van der Waals surface area contributed by atoms with E-state index >= 15 is 4.39 Å². The van der Waals surface area contributed by atoms with Gasteiger partial charge < -0.3 is 30.4 Å². The Morgan fingerprint density at radius 2 is 2.14 bits per heavy atom. The van der Waals surface area contributed by atoms with Gasteiger partial charge in [-0.1, -0.05) is 6.07 Å². The van der Waals surface area contributed by atoms with Gasteiger partial charge in [0.1, 0.15) is 17.1 Å².